The molecule has 0 unspecified atom stereocenters. The van der Waals surface area contributed by atoms with Crippen LogP contribution in [0.15, 0.2) is 47.6 Å². The highest BCUT2D eigenvalue weighted by Crippen LogP contribution is 2.27. The number of carbonyl (C=O) groups is 1. The molecule has 0 radical (unpaired) electrons. The summed E-state index contributed by atoms with van der Waals surface area (Å²) in [5.74, 6) is 1.71. The highest BCUT2D eigenvalue weighted by Gasteiger charge is 2.05. The molecule has 0 saturated carbocycles. The quantitative estimate of drug-likeness (QED) is 0.510. The van der Waals surface area contributed by atoms with Crippen LogP contribution in [0.2, 0.25) is 0 Å². The van der Waals surface area contributed by atoms with Crippen molar-refractivity contribution in [3.05, 3.63) is 48.0 Å². The Kier molecular flexibility index (Phi) is 7.96. The van der Waals surface area contributed by atoms with Crippen LogP contribution < -0.4 is 19.5 Å². The zero-order valence-electron chi connectivity index (χ0n) is 15.7. The third-order valence-corrected chi connectivity index (χ3v) is 3.41. The van der Waals surface area contributed by atoms with Gasteiger partial charge in [0.05, 0.1) is 26.5 Å². The topological polar surface area (TPSA) is 78.4 Å². The van der Waals surface area contributed by atoms with E-state index in [1.165, 1.54) is 6.21 Å². The third kappa shape index (κ3) is 6.54. The van der Waals surface area contributed by atoms with Gasteiger partial charge in [-0.15, -0.1) is 0 Å². The maximum atomic E-state index is 11.9. The molecule has 0 atom stereocenters. The Morgan fingerprint density at radius 3 is 2.44 bits per heavy atom. The molecule has 2 aromatic rings. The lowest BCUT2D eigenvalue weighted by atomic mass is 10.2. The van der Waals surface area contributed by atoms with Gasteiger partial charge in [-0.3, -0.25) is 4.79 Å². The van der Waals surface area contributed by atoms with Crippen molar-refractivity contribution in [1.29, 1.82) is 0 Å². The van der Waals surface area contributed by atoms with Gasteiger partial charge in [-0.2, -0.15) is 0 Å². The average molecular weight is 372 g/mol. The van der Waals surface area contributed by atoms with Gasteiger partial charge in [-0.1, -0.05) is 5.16 Å². The summed E-state index contributed by atoms with van der Waals surface area (Å²) >= 11 is 0. The number of benzene rings is 2. The molecule has 1 N–H and O–H groups in total. The standard InChI is InChI=1S/C20H24N2O5/c1-4-25-17-9-7-16(8-10-17)22-20(23)14-27-21-13-15-6-11-18(26-5-2)19(12-15)24-3/h6-13H,4-5,14H2,1-3H3,(H,22,23)/b21-13+. The molecule has 1 amide bonds. The molecule has 7 nitrogen and oxygen atoms in total. The lowest BCUT2D eigenvalue weighted by Gasteiger charge is -2.09. The maximum Gasteiger partial charge on any atom is 0.265 e. The van der Waals surface area contributed by atoms with Crippen molar-refractivity contribution in [3.63, 3.8) is 0 Å². The molecule has 0 bridgehead atoms. The summed E-state index contributed by atoms with van der Waals surface area (Å²) in [6.45, 7) is 4.77. The summed E-state index contributed by atoms with van der Waals surface area (Å²) in [5, 5.41) is 6.53. The molecule has 144 valence electrons. The highest BCUT2D eigenvalue weighted by atomic mass is 16.6. The first-order chi connectivity index (χ1) is 13.2. The van der Waals surface area contributed by atoms with Crippen molar-refractivity contribution in [3.8, 4) is 17.2 Å². The number of ether oxygens (including phenoxy) is 3. The van der Waals surface area contributed by atoms with E-state index < -0.39 is 0 Å². The number of nitrogens with zero attached hydrogens (tertiary/aromatic N) is 1. The average Bonchev–Trinajstić information content (AvgIpc) is 2.68. The van der Waals surface area contributed by atoms with Crippen molar-refractivity contribution < 1.29 is 23.8 Å². The second-order valence-electron chi connectivity index (χ2n) is 5.36. The minimum Gasteiger partial charge on any atom is -0.494 e. The van der Waals surface area contributed by atoms with Crippen LogP contribution in [0.25, 0.3) is 0 Å². The van der Waals surface area contributed by atoms with Gasteiger partial charge in [-0.05, 0) is 56.3 Å². The summed E-state index contributed by atoms with van der Waals surface area (Å²) in [7, 11) is 1.57. The number of nitrogens with one attached hydrogen (secondary N) is 1. The van der Waals surface area contributed by atoms with Crippen LogP contribution in [-0.2, 0) is 9.63 Å². The molecule has 0 aliphatic carbocycles. The number of hydrogen-bond acceptors (Lipinski definition) is 6. The zero-order valence-corrected chi connectivity index (χ0v) is 15.7. The summed E-state index contributed by atoms with van der Waals surface area (Å²) < 4.78 is 16.1. The Morgan fingerprint density at radius 1 is 1.04 bits per heavy atom. The van der Waals surface area contributed by atoms with Crippen LogP contribution in [0.5, 0.6) is 17.2 Å². The summed E-state index contributed by atoms with van der Waals surface area (Å²) in [5.41, 5.74) is 1.43. The SMILES string of the molecule is CCOc1ccc(NC(=O)CO/N=C/c2ccc(OCC)c(OC)c2)cc1. The van der Waals surface area contributed by atoms with Gasteiger partial charge < -0.3 is 24.4 Å². The molecule has 0 aliphatic heterocycles. The van der Waals surface area contributed by atoms with Crippen LogP contribution in [0.1, 0.15) is 19.4 Å². The van der Waals surface area contributed by atoms with Gasteiger partial charge in [0.15, 0.2) is 18.1 Å². The smallest absolute Gasteiger partial charge is 0.265 e. The number of oxime groups is 1. The maximum absolute atomic E-state index is 11.9. The minimum absolute atomic E-state index is 0.197. The summed E-state index contributed by atoms with van der Waals surface area (Å²) in [6.07, 6.45) is 1.50. The Labute approximate surface area is 158 Å². The molecule has 27 heavy (non-hydrogen) atoms. The van der Waals surface area contributed by atoms with E-state index in [4.69, 9.17) is 19.0 Å². The number of amides is 1. The molecule has 0 heterocycles. The number of rotatable bonds is 10. The van der Waals surface area contributed by atoms with E-state index in [2.05, 4.69) is 10.5 Å². The summed E-state index contributed by atoms with van der Waals surface area (Å²) in [6, 6.07) is 12.5. The normalized spacial score (nSPS) is 10.5. The largest absolute Gasteiger partial charge is 0.494 e. The zero-order chi connectivity index (χ0) is 19.5. The first kappa shape index (κ1) is 20.1. The molecule has 2 rings (SSSR count). The first-order valence-electron chi connectivity index (χ1n) is 8.65. The van der Waals surface area contributed by atoms with Crippen molar-refractivity contribution in [1.82, 2.24) is 0 Å². The molecule has 0 aliphatic rings. The number of hydrogen-bond donors (Lipinski definition) is 1. The number of methoxy groups -OCH3 is 1. The van der Waals surface area contributed by atoms with Gasteiger partial charge in [0.25, 0.3) is 5.91 Å². The fourth-order valence-corrected chi connectivity index (χ4v) is 2.23. The number of carbonyl (C=O) groups excluding carboxylic acids is 1. The van der Waals surface area contributed by atoms with E-state index in [-0.39, 0.29) is 12.5 Å². The predicted octanol–water partition coefficient (Wildman–Crippen LogP) is 3.48. The molecule has 2 aromatic carbocycles. The van der Waals surface area contributed by atoms with E-state index in [1.54, 1.807) is 43.5 Å². The molecule has 0 aromatic heterocycles. The minimum atomic E-state index is -0.305. The predicted molar refractivity (Wildman–Crippen MR) is 104 cm³/mol. The van der Waals surface area contributed by atoms with E-state index >= 15 is 0 Å². The molecule has 0 spiro atoms. The van der Waals surface area contributed by atoms with Crippen molar-refractivity contribution in [2.45, 2.75) is 13.8 Å². The van der Waals surface area contributed by atoms with Gasteiger partial charge >= 0.3 is 0 Å². The highest BCUT2D eigenvalue weighted by molar-refractivity contribution is 5.91. The van der Waals surface area contributed by atoms with Gasteiger partial charge in [0, 0.05) is 11.3 Å². The van der Waals surface area contributed by atoms with E-state index in [1.807, 2.05) is 19.9 Å². The second kappa shape index (κ2) is 10.7. The van der Waals surface area contributed by atoms with E-state index in [0.29, 0.717) is 30.4 Å². The Bertz CT molecular complexity index is 759. The van der Waals surface area contributed by atoms with E-state index in [0.717, 1.165) is 11.3 Å². The van der Waals surface area contributed by atoms with Crippen LogP contribution >= 0.6 is 0 Å². The van der Waals surface area contributed by atoms with Gasteiger partial charge in [0.1, 0.15) is 5.75 Å². The second-order valence-corrected chi connectivity index (χ2v) is 5.36. The van der Waals surface area contributed by atoms with Crippen LogP contribution in [0, 0.1) is 0 Å². The van der Waals surface area contributed by atoms with Crippen LogP contribution in [-0.4, -0.2) is 39.1 Å². The monoisotopic (exact) mass is 372 g/mol. The lowest BCUT2D eigenvalue weighted by Crippen LogP contribution is -2.16. The van der Waals surface area contributed by atoms with Crippen molar-refractivity contribution in [2.75, 3.05) is 32.2 Å². The van der Waals surface area contributed by atoms with Gasteiger partial charge in [0.2, 0.25) is 0 Å². The summed E-state index contributed by atoms with van der Waals surface area (Å²) in [4.78, 5) is 16.9. The van der Waals surface area contributed by atoms with Crippen molar-refractivity contribution in [2.24, 2.45) is 5.16 Å². The Hall–Kier alpha value is -3.22. The lowest BCUT2D eigenvalue weighted by molar-refractivity contribution is -0.120. The van der Waals surface area contributed by atoms with Crippen LogP contribution in [0.4, 0.5) is 5.69 Å². The molecular weight excluding hydrogens is 348 g/mol. The fraction of sp³-hybridized carbons (Fsp3) is 0.300. The Balaban J connectivity index is 1.81. The Morgan fingerprint density at radius 2 is 1.78 bits per heavy atom. The van der Waals surface area contributed by atoms with E-state index in [9.17, 15) is 4.79 Å². The first-order valence-corrected chi connectivity index (χ1v) is 8.65. The molecule has 0 fully saturated rings. The number of anilines is 1. The molecular formula is C20H24N2O5. The molecule has 0 saturated heterocycles. The third-order valence-electron chi connectivity index (χ3n) is 3.41. The molecule has 7 heteroatoms. The van der Waals surface area contributed by atoms with Gasteiger partial charge in [-0.25, -0.2) is 0 Å². The van der Waals surface area contributed by atoms with Crippen molar-refractivity contribution >= 4 is 17.8 Å². The van der Waals surface area contributed by atoms with Crippen LogP contribution in [0.3, 0.4) is 0 Å². The fourth-order valence-electron chi connectivity index (χ4n) is 2.23.